The lowest BCUT2D eigenvalue weighted by Crippen LogP contribution is -2.37. The minimum Gasteiger partial charge on any atom is -0.507 e. The van der Waals surface area contributed by atoms with Crippen LogP contribution in [0.4, 0.5) is 10.1 Å². The molecular formula is C40H41FN2O10S. The number of nitrogens with one attached hydrogen (secondary N) is 1. The van der Waals surface area contributed by atoms with Crippen LogP contribution in [0, 0.1) is 11.7 Å². The van der Waals surface area contributed by atoms with Gasteiger partial charge in [-0.1, -0.05) is 32.0 Å². The molecule has 1 amide bonds. The number of hydrogen-bond acceptors (Lipinski definition) is 10. The molecule has 1 fully saturated rings. The number of hydrogen-bond donors (Lipinski definition) is 2. The molecule has 12 nitrogen and oxygen atoms in total. The van der Waals surface area contributed by atoms with Gasteiger partial charge in [-0.2, -0.15) is 0 Å². The molecule has 1 saturated carbocycles. The van der Waals surface area contributed by atoms with E-state index in [2.05, 4.69) is 10.1 Å². The van der Waals surface area contributed by atoms with E-state index in [4.69, 9.17) is 4.42 Å². The number of aliphatic hydroxyl groups is 1. The number of halogens is 1. The molecule has 2 N–H and O–H groups in total. The number of Topliss-reactive ketones (excluding diaryl/α,β-unsaturated/α-hetero) is 2. The zero-order chi connectivity index (χ0) is 39.3. The summed E-state index contributed by atoms with van der Waals surface area (Å²) >= 11 is 0. The normalized spacial score (nSPS) is 13.7. The molecule has 1 aliphatic carbocycles. The SMILES string of the molecule is CCOC(=O)C(=O)C=C(O)c1cccc(CNC(=O)C(C)CC(=O)CN(c2cc3oc(-c4ccc(F)cc4)c(C(=O)CC)c3cc2C2CC2)S(C)(=O)=O)c1. The van der Waals surface area contributed by atoms with Gasteiger partial charge in [-0.25, -0.2) is 17.6 Å². The van der Waals surface area contributed by atoms with Crippen LogP contribution in [-0.2, 0) is 40.5 Å². The van der Waals surface area contributed by atoms with Gasteiger partial charge in [0.1, 0.15) is 22.9 Å². The first-order valence-corrected chi connectivity index (χ1v) is 19.3. The summed E-state index contributed by atoms with van der Waals surface area (Å²) in [7, 11) is -4.03. The first-order valence-electron chi connectivity index (χ1n) is 17.5. The average molecular weight is 761 g/mol. The molecule has 1 heterocycles. The van der Waals surface area contributed by atoms with E-state index < -0.39 is 57.5 Å². The number of nitrogens with zero attached hydrogens (tertiary/aromatic N) is 1. The summed E-state index contributed by atoms with van der Waals surface area (Å²) in [6, 6.07) is 15.1. The van der Waals surface area contributed by atoms with E-state index in [1.807, 2.05) is 0 Å². The Morgan fingerprint density at radius 2 is 1.76 bits per heavy atom. The number of furan rings is 1. The predicted octanol–water partition coefficient (Wildman–Crippen LogP) is 6.42. The van der Waals surface area contributed by atoms with Crippen LogP contribution in [0.5, 0.6) is 0 Å². The van der Waals surface area contributed by atoms with E-state index in [0.717, 1.165) is 29.5 Å². The minimum atomic E-state index is -4.03. The molecule has 284 valence electrons. The maximum absolute atomic E-state index is 13.7. The maximum Gasteiger partial charge on any atom is 0.379 e. The molecule has 14 heteroatoms. The lowest BCUT2D eigenvalue weighted by Gasteiger charge is -2.25. The number of fused-ring (bicyclic) bond motifs is 1. The van der Waals surface area contributed by atoms with Crippen molar-refractivity contribution < 1.29 is 51.0 Å². The number of benzene rings is 3. The number of carbonyl (C=O) groups excluding carboxylic acids is 5. The molecule has 4 aromatic rings. The highest BCUT2D eigenvalue weighted by molar-refractivity contribution is 7.92. The van der Waals surface area contributed by atoms with E-state index in [-0.39, 0.29) is 60.3 Å². The third-order valence-corrected chi connectivity index (χ3v) is 10.1. The number of ketones is 3. The fraction of sp³-hybridized carbons (Fsp3) is 0.325. The molecule has 0 radical (unpaired) electrons. The molecule has 3 aromatic carbocycles. The topological polar surface area (TPSA) is 177 Å². The Kier molecular flexibility index (Phi) is 12.2. The second kappa shape index (κ2) is 16.6. The monoisotopic (exact) mass is 760 g/mol. The first kappa shape index (κ1) is 39.6. The average Bonchev–Trinajstić information content (AvgIpc) is 3.92. The van der Waals surface area contributed by atoms with Crippen molar-refractivity contribution in [3.63, 3.8) is 0 Å². The van der Waals surface area contributed by atoms with Crippen LogP contribution in [0.15, 0.2) is 71.2 Å². The first-order chi connectivity index (χ1) is 25.6. The fourth-order valence-electron chi connectivity index (χ4n) is 6.06. The van der Waals surface area contributed by atoms with E-state index in [1.54, 1.807) is 32.0 Å². The van der Waals surface area contributed by atoms with Crippen molar-refractivity contribution in [2.24, 2.45) is 5.92 Å². The number of aliphatic hydroxyl groups excluding tert-OH is 1. The highest BCUT2D eigenvalue weighted by Gasteiger charge is 2.34. The summed E-state index contributed by atoms with van der Waals surface area (Å²) in [6.45, 7) is 4.26. The van der Waals surface area contributed by atoms with Crippen molar-refractivity contribution in [1.82, 2.24) is 5.32 Å². The number of amides is 1. The number of ether oxygens (including phenoxy) is 1. The summed E-state index contributed by atoms with van der Waals surface area (Å²) in [4.78, 5) is 63.2. The summed E-state index contributed by atoms with van der Waals surface area (Å²) < 4.78 is 52.1. The van der Waals surface area contributed by atoms with Crippen molar-refractivity contribution in [1.29, 1.82) is 0 Å². The zero-order valence-electron chi connectivity index (χ0n) is 30.3. The number of rotatable bonds is 17. The lowest BCUT2D eigenvalue weighted by atomic mass is 9.97. The molecule has 0 saturated heterocycles. The van der Waals surface area contributed by atoms with Gasteiger partial charge in [0.25, 0.3) is 5.78 Å². The molecule has 0 spiro atoms. The van der Waals surface area contributed by atoms with Crippen LogP contribution in [0.2, 0.25) is 0 Å². The van der Waals surface area contributed by atoms with Gasteiger partial charge in [0.05, 0.1) is 30.7 Å². The Labute approximate surface area is 312 Å². The third-order valence-electron chi connectivity index (χ3n) is 8.97. The van der Waals surface area contributed by atoms with Crippen LogP contribution in [0.25, 0.3) is 28.1 Å². The van der Waals surface area contributed by atoms with Gasteiger partial charge in [0.2, 0.25) is 15.9 Å². The summed E-state index contributed by atoms with van der Waals surface area (Å²) in [5.41, 5.74) is 2.70. The Morgan fingerprint density at radius 1 is 1.06 bits per heavy atom. The quantitative estimate of drug-likeness (QED) is 0.0402. The molecule has 54 heavy (non-hydrogen) atoms. The molecule has 1 aromatic heterocycles. The van der Waals surface area contributed by atoms with Gasteiger partial charge in [0, 0.05) is 54.0 Å². The highest BCUT2D eigenvalue weighted by Crippen LogP contribution is 2.48. The van der Waals surface area contributed by atoms with Crippen LogP contribution in [0.1, 0.15) is 79.4 Å². The lowest BCUT2D eigenvalue weighted by molar-refractivity contribution is -0.151. The van der Waals surface area contributed by atoms with Crippen molar-refractivity contribution in [3.8, 4) is 11.3 Å². The van der Waals surface area contributed by atoms with Gasteiger partial charge in [0.15, 0.2) is 11.6 Å². The molecule has 0 bridgehead atoms. The van der Waals surface area contributed by atoms with Crippen molar-refractivity contribution in [2.45, 2.75) is 58.9 Å². The fourth-order valence-corrected chi connectivity index (χ4v) is 6.95. The van der Waals surface area contributed by atoms with Gasteiger partial charge < -0.3 is 19.6 Å². The second-order valence-corrected chi connectivity index (χ2v) is 15.1. The van der Waals surface area contributed by atoms with Gasteiger partial charge in [-0.3, -0.25) is 23.5 Å². The number of sulfonamides is 1. The largest absolute Gasteiger partial charge is 0.507 e. The van der Waals surface area contributed by atoms with Crippen molar-refractivity contribution in [3.05, 3.63) is 94.8 Å². The van der Waals surface area contributed by atoms with Gasteiger partial charge >= 0.3 is 5.97 Å². The summed E-state index contributed by atoms with van der Waals surface area (Å²) in [5.74, 6) is -4.85. The Bertz CT molecular complexity index is 2260. The van der Waals surface area contributed by atoms with Crippen LogP contribution >= 0.6 is 0 Å². The Balaban J connectivity index is 1.33. The second-order valence-electron chi connectivity index (χ2n) is 13.2. The smallest absolute Gasteiger partial charge is 0.379 e. The van der Waals surface area contributed by atoms with E-state index >= 15 is 0 Å². The highest BCUT2D eigenvalue weighted by atomic mass is 32.2. The Morgan fingerprint density at radius 3 is 2.39 bits per heavy atom. The van der Waals surface area contributed by atoms with Crippen LogP contribution in [-0.4, -0.2) is 62.2 Å². The molecule has 1 atom stereocenters. The molecular weight excluding hydrogens is 720 g/mol. The number of esters is 1. The Hall–Kier alpha value is -5.63. The standard InChI is InChI=1S/C40H41FN2O10S/c1-5-33(45)37-31-18-30(25-10-11-25)32(19-36(31)53-38(37)26-12-14-28(41)15-13-26)43(54(4,50)51)22-29(44)16-23(3)39(48)42-21-24-8-7-9-27(17-24)34(46)20-35(47)40(49)52-6-2/h7-9,12-15,17-20,23,25,46H,5-6,10-11,16,21-22H2,1-4H3,(H,42,48). The van der Waals surface area contributed by atoms with Crippen molar-refractivity contribution >= 4 is 61.7 Å². The zero-order valence-corrected chi connectivity index (χ0v) is 31.1. The predicted molar refractivity (Wildman–Crippen MR) is 200 cm³/mol. The summed E-state index contributed by atoms with van der Waals surface area (Å²) in [5, 5.41) is 13.6. The van der Waals surface area contributed by atoms with E-state index in [1.165, 1.54) is 49.4 Å². The number of anilines is 1. The van der Waals surface area contributed by atoms with Crippen molar-refractivity contribution in [2.75, 3.05) is 23.7 Å². The molecule has 0 aliphatic heterocycles. The van der Waals surface area contributed by atoms with E-state index in [0.29, 0.717) is 27.6 Å². The maximum atomic E-state index is 13.7. The van der Waals surface area contributed by atoms with Crippen LogP contribution in [0.3, 0.4) is 0 Å². The summed E-state index contributed by atoms with van der Waals surface area (Å²) in [6.07, 6.45) is 3.20. The van der Waals surface area contributed by atoms with E-state index in [9.17, 15) is 41.9 Å². The van der Waals surface area contributed by atoms with Gasteiger partial charge in [-0.15, -0.1) is 0 Å². The minimum absolute atomic E-state index is 0.00336. The molecule has 1 aliphatic rings. The number of carbonyl (C=O) groups is 5. The molecule has 5 rings (SSSR count). The third kappa shape index (κ3) is 9.29. The molecule has 1 unspecified atom stereocenters. The van der Waals surface area contributed by atoms with Crippen LogP contribution < -0.4 is 9.62 Å². The van der Waals surface area contributed by atoms with Gasteiger partial charge in [-0.05, 0) is 73.2 Å².